The Bertz CT molecular complexity index is 344. The Kier molecular flexibility index (Phi) is 5.16. The van der Waals surface area contributed by atoms with E-state index in [0.29, 0.717) is 0 Å². The van der Waals surface area contributed by atoms with Crippen molar-refractivity contribution in [3.8, 4) is 0 Å². The monoisotopic (exact) mass is 257 g/mol. The van der Waals surface area contributed by atoms with Crippen LogP contribution in [0.2, 0.25) is 5.02 Å². The molecule has 90 valence electrons. The van der Waals surface area contributed by atoms with Gasteiger partial charge in [-0.3, -0.25) is 0 Å². The maximum absolute atomic E-state index is 6.03. The van der Waals surface area contributed by atoms with E-state index < -0.39 is 0 Å². The normalized spacial score (nSPS) is 11.8. The first kappa shape index (κ1) is 13.9. The first-order valence-electron chi connectivity index (χ1n) is 5.60. The first-order chi connectivity index (χ1) is 7.42. The van der Waals surface area contributed by atoms with Gasteiger partial charge in [0.15, 0.2) is 0 Å². The Morgan fingerprint density at radius 2 is 2.00 bits per heavy atom. The van der Waals surface area contributed by atoms with E-state index in [0.717, 1.165) is 18.1 Å². The molecule has 0 aliphatic rings. The van der Waals surface area contributed by atoms with Crippen LogP contribution in [-0.4, -0.2) is 11.3 Å². The van der Waals surface area contributed by atoms with E-state index in [-0.39, 0.29) is 4.75 Å². The summed E-state index contributed by atoms with van der Waals surface area (Å²) in [5, 5.41) is 4.16. The average molecular weight is 258 g/mol. The van der Waals surface area contributed by atoms with Crippen LogP contribution in [0, 0.1) is 0 Å². The molecule has 0 bridgehead atoms. The summed E-state index contributed by atoms with van der Waals surface area (Å²) in [5.74, 6) is 0. The van der Waals surface area contributed by atoms with Crippen LogP contribution in [0.15, 0.2) is 23.1 Å². The first-order valence-corrected chi connectivity index (χ1v) is 6.80. The topological polar surface area (TPSA) is 12.0 Å². The molecular weight excluding hydrogens is 238 g/mol. The Balaban J connectivity index is 2.89. The molecule has 0 spiro atoms. The third kappa shape index (κ3) is 4.77. The molecule has 16 heavy (non-hydrogen) atoms. The number of hydrogen-bond donors (Lipinski definition) is 1. The maximum atomic E-state index is 6.03. The molecule has 0 unspecified atom stereocenters. The third-order valence-corrected chi connectivity index (χ3v) is 3.47. The summed E-state index contributed by atoms with van der Waals surface area (Å²) in [6, 6.07) is 6.13. The average Bonchev–Trinajstić information content (AvgIpc) is 2.16. The second kappa shape index (κ2) is 5.95. The predicted molar refractivity (Wildman–Crippen MR) is 74.4 cm³/mol. The van der Waals surface area contributed by atoms with E-state index in [9.17, 15) is 0 Å². The van der Waals surface area contributed by atoms with Gasteiger partial charge in [0.05, 0.1) is 0 Å². The van der Waals surface area contributed by atoms with Crippen LogP contribution in [0.3, 0.4) is 0 Å². The lowest BCUT2D eigenvalue weighted by Crippen LogP contribution is -2.14. The van der Waals surface area contributed by atoms with Crippen molar-refractivity contribution in [2.75, 3.05) is 6.54 Å². The lowest BCUT2D eigenvalue weighted by molar-refractivity contribution is 0.716. The number of halogens is 1. The molecule has 3 heteroatoms. The van der Waals surface area contributed by atoms with Crippen molar-refractivity contribution in [2.45, 2.75) is 43.9 Å². The minimum atomic E-state index is 0.231. The van der Waals surface area contributed by atoms with E-state index in [1.54, 1.807) is 0 Å². The molecule has 0 saturated heterocycles. The van der Waals surface area contributed by atoms with Crippen molar-refractivity contribution < 1.29 is 0 Å². The summed E-state index contributed by atoms with van der Waals surface area (Å²) in [6.45, 7) is 10.7. The Labute approximate surface area is 108 Å². The van der Waals surface area contributed by atoms with Gasteiger partial charge in [-0.25, -0.2) is 0 Å². The molecule has 0 aromatic heterocycles. The smallest absolute Gasteiger partial charge is 0.0410 e. The van der Waals surface area contributed by atoms with Crippen LogP contribution in [0.25, 0.3) is 0 Å². The molecule has 1 N–H and O–H groups in total. The molecule has 1 aromatic carbocycles. The predicted octanol–water partition coefficient (Wildman–Crippen LogP) is 4.34. The van der Waals surface area contributed by atoms with Gasteiger partial charge in [0.1, 0.15) is 0 Å². The minimum Gasteiger partial charge on any atom is -0.313 e. The third-order valence-electron chi connectivity index (χ3n) is 2.00. The SMILES string of the molecule is CCNCc1cc(Cl)ccc1SC(C)(C)C. The summed E-state index contributed by atoms with van der Waals surface area (Å²) in [6.07, 6.45) is 0. The van der Waals surface area contributed by atoms with Crippen LogP contribution >= 0.6 is 23.4 Å². The van der Waals surface area contributed by atoms with Crippen LogP contribution in [0.1, 0.15) is 33.3 Å². The second-order valence-corrected chi connectivity index (χ2v) is 7.05. The quantitative estimate of drug-likeness (QED) is 0.806. The molecule has 0 fully saturated rings. The van der Waals surface area contributed by atoms with Gasteiger partial charge in [-0.1, -0.05) is 39.3 Å². The van der Waals surface area contributed by atoms with Gasteiger partial charge < -0.3 is 5.32 Å². The number of hydrogen-bond acceptors (Lipinski definition) is 2. The highest BCUT2D eigenvalue weighted by Gasteiger charge is 2.14. The fourth-order valence-corrected chi connectivity index (χ4v) is 2.63. The molecule has 0 radical (unpaired) electrons. The maximum Gasteiger partial charge on any atom is 0.0410 e. The molecule has 0 saturated carbocycles. The van der Waals surface area contributed by atoms with Gasteiger partial charge in [0.25, 0.3) is 0 Å². The van der Waals surface area contributed by atoms with E-state index in [1.165, 1.54) is 10.5 Å². The highest BCUT2D eigenvalue weighted by Crippen LogP contribution is 2.35. The van der Waals surface area contributed by atoms with Gasteiger partial charge in [0, 0.05) is 21.2 Å². The standard InChI is InChI=1S/C13H20ClNS/c1-5-15-9-10-8-11(14)6-7-12(10)16-13(2,3)4/h6-8,15H,5,9H2,1-4H3. The summed E-state index contributed by atoms with van der Waals surface area (Å²) < 4.78 is 0.231. The van der Waals surface area contributed by atoms with Crippen LogP contribution in [-0.2, 0) is 6.54 Å². The van der Waals surface area contributed by atoms with Crippen LogP contribution in [0.5, 0.6) is 0 Å². The zero-order chi connectivity index (χ0) is 12.2. The summed E-state index contributed by atoms with van der Waals surface area (Å²) in [4.78, 5) is 1.32. The molecule has 1 rings (SSSR count). The van der Waals surface area contributed by atoms with Gasteiger partial charge in [0.2, 0.25) is 0 Å². The van der Waals surface area contributed by atoms with Crippen molar-refractivity contribution in [2.24, 2.45) is 0 Å². The minimum absolute atomic E-state index is 0.231. The van der Waals surface area contributed by atoms with E-state index in [2.05, 4.69) is 45.1 Å². The zero-order valence-electron chi connectivity index (χ0n) is 10.4. The highest BCUT2D eigenvalue weighted by atomic mass is 35.5. The lowest BCUT2D eigenvalue weighted by atomic mass is 10.2. The molecule has 0 aliphatic heterocycles. The summed E-state index contributed by atoms with van der Waals surface area (Å²) in [7, 11) is 0. The zero-order valence-corrected chi connectivity index (χ0v) is 12.0. The van der Waals surface area contributed by atoms with Crippen LogP contribution < -0.4 is 5.32 Å². The van der Waals surface area contributed by atoms with Gasteiger partial charge in [-0.15, -0.1) is 11.8 Å². The molecule has 0 heterocycles. The van der Waals surface area contributed by atoms with Crippen molar-refractivity contribution in [3.63, 3.8) is 0 Å². The van der Waals surface area contributed by atoms with Crippen molar-refractivity contribution in [1.29, 1.82) is 0 Å². The molecular formula is C13H20ClNS. The van der Waals surface area contributed by atoms with Crippen molar-refractivity contribution >= 4 is 23.4 Å². The summed E-state index contributed by atoms with van der Waals surface area (Å²) >= 11 is 7.92. The lowest BCUT2D eigenvalue weighted by Gasteiger charge is -2.20. The Morgan fingerprint density at radius 3 is 2.56 bits per heavy atom. The number of nitrogens with one attached hydrogen (secondary N) is 1. The molecule has 0 atom stereocenters. The van der Waals surface area contributed by atoms with E-state index in [4.69, 9.17) is 11.6 Å². The number of rotatable bonds is 4. The van der Waals surface area contributed by atoms with Gasteiger partial charge in [-0.05, 0) is 30.3 Å². The Hall–Kier alpha value is -0.180. The highest BCUT2D eigenvalue weighted by molar-refractivity contribution is 8.00. The number of thioether (sulfide) groups is 1. The van der Waals surface area contributed by atoms with Crippen molar-refractivity contribution in [1.82, 2.24) is 5.32 Å². The molecule has 0 aliphatic carbocycles. The van der Waals surface area contributed by atoms with Crippen molar-refractivity contribution in [3.05, 3.63) is 28.8 Å². The largest absolute Gasteiger partial charge is 0.313 e. The summed E-state index contributed by atoms with van der Waals surface area (Å²) in [5.41, 5.74) is 1.29. The Morgan fingerprint density at radius 1 is 1.31 bits per heavy atom. The van der Waals surface area contributed by atoms with Gasteiger partial charge >= 0.3 is 0 Å². The fraction of sp³-hybridized carbons (Fsp3) is 0.538. The molecule has 1 aromatic rings. The number of benzene rings is 1. The molecule has 1 nitrogen and oxygen atoms in total. The second-order valence-electron chi connectivity index (χ2n) is 4.75. The molecule has 0 amide bonds. The van der Waals surface area contributed by atoms with Gasteiger partial charge in [-0.2, -0.15) is 0 Å². The van der Waals surface area contributed by atoms with Crippen LogP contribution in [0.4, 0.5) is 0 Å². The van der Waals surface area contributed by atoms with E-state index in [1.807, 2.05) is 17.8 Å². The van der Waals surface area contributed by atoms with E-state index >= 15 is 0 Å². The fourth-order valence-electron chi connectivity index (χ4n) is 1.38.